The average molecular weight is 1020 g/mol. The molecule has 2 aliphatic heterocycles. The summed E-state index contributed by atoms with van der Waals surface area (Å²) in [5.74, 6) is 7.20. The van der Waals surface area contributed by atoms with Crippen molar-refractivity contribution < 1.29 is 0 Å². The summed E-state index contributed by atoms with van der Waals surface area (Å²) in [6.45, 7) is 44.3. The number of H-pyrrole nitrogens is 2. The van der Waals surface area contributed by atoms with Gasteiger partial charge in [-0.05, 0) is 144 Å². The van der Waals surface area contributed by atoms with Crippen LogP contribution in [-0.4, -0.2) is 31.5 Å². The van der Waals surface area contributed by atoms with Gasteiger partial charge in [0.2, 0.25) is 0 Å². The van der Waals surface area contributed by atoms with Gasteiger partial charge < -0.3 is 15.3 Å². The lowest BCUT2D eigenvalue weighted by Crippen LogP contribution is -2.16. The molecule has 0 aliphatic carbocycles. The van der Waals surface area contributed by atoms with E-state index >= 15 is 0 Å². The standard InChI is InChI=1S/C71H82N6/c1-20-73-54-31-32-72-42-43(54)21-22-53-55-23-25-57(74-55)63(44-33-47(66(2,3)4)39-48(34-44)67(5,6)7)59-27-29-61(76-59)65(46-37-51(70(14,15)16)41-52(38-46)71(17,18)19)62-30-28-60(77-62)64(58-26-24-56(53)75-58)45-35-49(68(8,9)10)40-50(36-45)69(11,12)13/h23-42,74,77H,20H2,1-19H3,(H,72,73). The molecule has 4 aromatic heterocycles. The lowest BCUT2D eigenvalue weighted by molar-refractivity contribution is 0.568. The molecule has 6 heteroatoms. The molecule has 8 bridgehead atoms. The van der Waals surface area contributed by atoms with E-state index < -0.39 is 0 Å². The Labute approximate surface area is 460 Å². The van der Waals surface area contributed by atoms with Gasteiger partial charge in [0, 0.05) is 52.2 Å². The Kier molecular flexibility index (Phi) is 13.9. The molecule has 3 aromatic carbocycles. The molecule has 3 N–H and O–H groups in total. The molecule has 0 atom stereocenters. The highest BCUT2D eigenvalue weighted by Crippen LogP contribution is 2.43. The van der Waals surface area contributed by atoms with E-state index in [1.54, 1.807) is 6.20 Å². The van der Waals surface area contributed by atoms with Gasteiger partial charge in [0.25, 0.3) is 0 Å². The number of hydrogen-bond acceptors (Lipinski definition) is 4. The van der Waals surface area contributed by atoms with E-state index in [2.05, 4.69) is 267 Å². The fraction of sp³-hybridized carbons (Fsp3) is 0.366. The van der Waals surface area contributed by atoms with Crippen molar-refractivity contribution in [2.45, 2.75) is 164 Å². The molecule has 0 spiro atoms. The number of aromatic amines is 2. The molecule has 6 heterocycles. The van der Waals surface area contributed by atoms with E-state index in [1.165, 1.54) is 33.4 Å². The number of hydrogen-bond donors (Lipinski definition) is 3. The normalized spacial score (nSPS) is 13.2. The Morgan fingerprint density at radius 1 is 0.403 bits per heavy atom. The van der Waals surface area contributed by atoms with Crippen LogP contribution in [0.2, 0.25) is 0 Å². The molecule has 0 amide bonds. The number of nitrogens with zero attached hydrogens (tertiary/aromatic N) is 3. The highest BCUT2D eigenvalue weighted by molar-refractivity contribution is 5.98. The second-order valence-corrected chi connectivity index (χ2v) is 27.6. The molecule has 0 unspecified atom stereocenters. The van der Waals surface area contributed by atoms with E-state index in [-0.39, 0.29) is 32.5 Å². The molecule has 2 aliphatic rings. The maximum Gasteiger partial charge on any atom is 0.0815 e. The Morgan fingerprint density at radius 3 is 1.08 bits per heavy atom. The van der Waals surface area contributed by atoms with Gasteiger partial charge in [-0.1, -0.05) is 191 Å². The van der Waals surface area contributed by atoms with Crippen LogP contribution in [0, 0.1) is 11.8 Å². The number of aromatic nitrogens is 5. The smallest absolute Gasteiger partial charge is 0.0815 e. The zero-order valence-electron chi connectivity index (χ0n) is 49.6. The van der Waals surface area contributed by atoms with Crippen LogP contribution in [-0.2, 0) is 32.5 Å². The number of rotatable bonds is 5. The SMILES string of the molecule is CCNc1ccncc1C#Cc1c2nc(c(-c3cc(C(C)(C)C)cc(C(C)(C)C)c3)c3ccc([nH]3)c(-c3cc(C(C)(C)C)cc(C(C)(C)C)c3)c3nc(c(-c4cc(C(C)(C)C)cc(C(C)(C)C)c4)c4ccc1[nH]4)C=C3)C=C2. The molecule has 77 heavy (non-hydrogen) atoms. The first-order chi connectivity index (χ1) is 35.9. The van der Waals surface area contributed by atoms with Crippen molar-refractivity contribution in [1.82, 2.24) is 24.9 Å². The van der Waals surface area contributed by atoms with Crippen molar-refractivity contribution in [3.8, 4) is 45.2 Å². The molecule has 0 fully saturated rings. The molecular weight excluding hydrogens is 937 g/mol. The number of anilines is 1. The van der Waals surface area contributed by atoms with Gasteiger partial charge in [-0.3, -0.25) is 4.98 Å². The van der Waals surface area contributed by atoms with Crippen LogP contribution >= 0.6 is 0 Å². The van der Waals surface area contributed by atoms with E-state index in [1.807, 2.05) is 12.3 Å². The van der Waals surface area contributed by atoms with E-state index in [0.29, 0.717) is 0 Å². The van der Waals surface area contributed by atoms with Gasteiger partial charge in [0.05, 0.1) is 45.1 Å². The van der Waals surface area contributed by atoms with E-state index in [4.69, 9.17) is 9.97 Å². The topological polar surface area (TPSA) is 82.3 Å². The zero-order chi connectivity index (χ0) is 55.8. The maximum absolute atomic E-state index is 5.80. The molecule has 396 valence electrons. The maximum atomic E-state index is 5.80. The van der Waals surface area contributed by atoms with Crippen LogP contribution in [0.4, 0.5) is 5.69 Å². The number of nitrogens with one attached hydrogen (secondary N) is 3. The van der Waals surface area contributed by atoms with Gasteiger partial charge in [-0.15, -0.1) is 0 Å². The van der Waals surface area contributed by atoms with Crippen molar-refractivity contribution in [2.75, 3.05) is 11.9 Å². The van der Waals surface area contributed by atoms with Gasteiger partial charge in [0.15, 0.2) is 0 Å². The molecule has 0 saturated heterocycles. The predicted octanol–water partition coefficient (Wildman–Crippen LogP) is 18.7. The van der Waals surface area contributed by atoms with Crippen LogP contribution in [0.5, 0.6) is 0 Å². The Hall–Kier alpha value is -7.23. The highest BCUT2D eigenvalue weighted by Gasteiger charge is 2.27. The third kappa shape index (κ3) is 11.4. The van der Waals surface area contributed by atoms with Gasteiger partial charge in [-0.2, -0.15) is 0 Å². The Morgan fingerprint density at radius 2 is 0.727 bits per heavy atom. The molecule has 0 radical (unpaired) electrons. The van der Waals surface area contributed by atoms with Crippen LogP contribution in [0.25, 0.3) is 79.8 Å². The van der Waals surface area contributed by atoms with Crippen molar-refractivity contribution >= 4 is 52.1 Å². The van der Waals surface area contributed by atoms with Crippen molar-refractivity contribution in [3.05, 3.63) is 165 Å². The van der Waals surface area contributed by atoms with Crippen LogP contribution in [0.15, 0.2) is 97.3 Å². The zero-order valence-corrected chi connectivity index (χ0v) is 49.6. The first-order valence-corrected chi connectivity index (χ1v) is 27.7. The minimum absolute atomic E-state index is 0.104. The van der Waals surface area contributed by atoms with Crippen molar-refractivity contribution in [3.63, 3.8) is 0 Å². The lowest BCUT2D eigenvalue weighted by atomic mass is 9.78. The molecular formula is C71H82N6. The largest absolute Gasteiger partial charge is 0.384 e. The number of pyridine rings is 1. The second-order valence-electron chi connectivity index (χ2n) is 27.6. The summed E-state index contributed by atoms with van der Waals surface area (Å²) in [6, 6.07) is 32.3. The molecule has 0 saturated carbocycles. The van der Waals surface area contributed by atoms with Gasteiger partial charge in [-0.25, -0.2) is 9.97 Å². The molecule has 7 aromatic rings. The summed E-state index contributed by atoms with van der Waals surface area (Å²) in [6.07, 6.45) is 12.4. The monoisotopic (exact) mass is 1020 g/mol. The van der Waals surface area contributed by atoms with Crippen molar-refractivity contribution in [2.24, 2.45) is 0 Å². The third-order valence-electron chi connectivity index (χ3n) is 15.1. The molecule has 9 rings (SSSR count). The number of benzene rings is 3. The van der Waals surface area contributed by atoms with Gasteiger partial charge >= 0.3 is 0 Å². The first kappa shape index (κ1) is 54.6. The third-order valence-corrected chi connectivity index (χ3v) is 15.1. The summed E-state index contributed by atoms with van der Waals surface area (Å²) < 4.78 is 0. The van der Waals surface area contributed by atoms with Crippen LogP contribution < -0.4 is 5.32 Å². The predicted molar refractivity (Wildman–Crippen MR) is 332 cm³/mol. The van der Waals surface area contributed by atoms with Crippen LogP contribution in [0.1, 0.15) is 199 Å². The van der Waals surface area contributed by atoms with Crippen LogP contribution in [0.3, 0.4) is 0 Å². The van der Waals surface area contributed by atoms with Gasteiger partial charge in [0.1, 0.15) is 0 Å². The molecule has 6 nitrogen and oxygen atoms in total. The average Bonchev–Trinajstić information content (AvgIpc) is 4.20. The quantitative estimate of drug-likeness (QED) is 0.150. The highest BCUT2D eigenvalue weighted by atomic mass is 14.9. The lowest BCUT2D eigenvalue weighted by Gasteiger charge is -2.26. The fourth-order valence-corrected chi connectivity index (χ4v) is 10.1. The Balaban J connectivity index is 1.52. The minimum atomic E-state index is -0.108. The summed E-state index contributed by atoms with van der Waals surface area (Å²) in [5, 5.41) is 3.49. The number of fused-ring (bicyclic) bond motifs is 8. The van der Waals surface area contributed by atoms with E-state index in [9.17, 15) is 0 Å². The second kappa shape index (κ2) is 19.7. The Bertz CT molecular complexity index is 3580. The minimum Gasteiger partial charge on any atom is -0.384 e. The van der Waals surface area contributed by atoms with E-state index in [0.717, 1.165) is 102 Å². The van der Waals surface area contributed by atoms with Crippen molar-refractivity contribution in [1.29, 1.82) is 0 Å². The first-order valence-electron chi connectivity index (χ1n) is 27.7. The summed E-state index contributed by atoms with van der Waals surface area (Å²) >= 11 is 0. The summed E-state index contributed by atoms with van der Waals surface area (Å²) in [5.41, 5.74) is 23.1. The fourth-order valence-electron chi connectivity index (χ4n) is 10.1. The summed E-state index contributed by atoms with van der Waals surface area (Å²) in [7, 11) is 0. The summed E-state index contributed by atoms with van der Waals surface area (Å²) in [4.78, 5) is 24.0.